The molecule has 0 saturated heterocycles. The van der Waals surface area contributed by atoms with Gasteiger partial charge in [-0.3, -0.25) is 9.52 Å². The highest BCUT2D eigenvalue weighted by Crippen LogP contribution is 2.26. The van der Waals surface area contributed by atoms with E-state index in [2.05, 4.69) is 9.71 Å². The Morgan fingerprint density at radius 3 is 2.39 bits per heavy atom. The first-order valence-electron chi connectivity index (χ1n) is 7.23. The number of hydrogen-bond acceptors (Lipinski definition) is 5. The highest BCUT2D eigenvalue weighted by molar-refractivity contribution is 7.93. The van der Waals surface area contributed by atoms with E-state index < -0.39 is 10.0 Å². The van der Waals surface area contributed by atoms with Crippen LogP contribution in [0.15, 0.2) is 35.2 Å². The average molecular weight is 353 g/mol. The van der Waals surface area contributed by atoms with E-state index in [-0.39, 0.29) is 15.9 Å². The molecule has 124 valence electrons. The minimum atomic E-state index is -3.70. The second-order valence-corrected chi connectivity index (χ2v) is 7.51. The number of aromatic nitrogens is 1. The topological polar surface area (TPSA) is 79.4 Å². The van der Waals surface area contributed by atoms with Crippen molar-refractivity contribution in [1.29, 1.82) is 0 Å². The largest absolute Gasteiger partial charge is 0.338 e. The van der Waals surface area contributed by atoms with Crippen LogP contribution >= 0.6 is 11.3 Å². The summed E-state index contributed by atoms with van der Waals surface area (Å²) in [7, 11) is -3.70. The van der Waals surface area contributed by atoms with E-state index in [1.54, 1.807) is 30.0 Å². The van der Waals surface area contributed by atoms with Gasteiger partial charge in [0.2, 0.25) is 0 Å². The summed E-state index contributed by atoms with van der Waals surface area (Å²) in [6.45, 7) is 6.69. The molecule has 6 nitrogen and oxygen atoms in total. The maximum absolute atomic E-state index is 12.4. The predicted molar refractivity (Wildman–Crippen MR) is 91.4 cm³/mol. The first-order chi connectivity index (χ1) is 10.9. The standard InChI is InChI=1S/C15H19N3O3S2/c1-4-18(5-2)14(19)13-11(3)16-15(22-13)17-23(20,21)12-9-7-6-8-10-12/h6-10H,4-5H2,1-3H3,(H,16,17). The predicted octanol–water partition coefficient (Wildman–Crippen LogP) is 2.73. The molecule has 0 atom stereocenters. The summed E-state index contributed by atoms with van der Waals surface area (Å²) in [5.74, 6) is -0.129. The van der Waals surface area contributed by atoms with E-state index >= 15 is 0 Å². The second kappa shape index (κ2) is 7.10. The smallest absolute Gasteiger partial charge is 0.265 e. The second-order valence-electron chi connectivity index (χ2n) is 4.83. The lowest BCUT2D eigenvalue weighted by Gasteiger charge is -2.17. The first-order valence-corrected chi connectivity index (χ1v) is 9.53. The molecular weight excluding hydrogens is 334 g/mol. The normalized spacial score (nSPS) is 11.3. The third-order valence-corrected chi connectivity index (χ3v) is 5.86. The first kappa shape index (κ1) is 17.4. The minimum absolute atomic E-state index is 0.129. The number of aryl methyl sites for hydroxylation is 1. The van der Waals surface area contributed by atoms with Crippen molar-refractivity contribution in [3.05, 3.63) is 40.9 Å². The van der Waals surface area contributed by atoms with E-state index in [0.29, 0.717) is 23.7 Å². The van der Waals surface area contributed by atoms with Crippen LogP contribution in [0.4, 0.5) is 5.13 Å². The SMILES string of the molecule is CCN(CC)C(=O)c1sc(NS(=O)(=O)c2ccccc2)nc1C. The Labute approximate surface area is 140 Å². The number of nitrogens with zero attached hydrogens (tertiary/aromatic N) is 2. The summed E-state index contributed by atoms with van der Waals surface area (Å²) in [6.07, 6.45) is 0. The Hall–Kier alpha value is -1.93. The van der Waals surface area contributed by atoms with Gasteiger partial charge in [-0.25, -0.2) is 13.4 Å². The van der Waals surface area contributed by atoms with Crippen LogP contribution in [0.2, 0.25) is 0 Å². The zero-order valence-corrected chi connectivity index (χ0v) is 14.9. The summed E-state index contributed by atoms with van der Waals surface area (Å²) < 4.78 is 27.0. The molecule has 0 fully saturated rings. The maximum Gasteiger partial charge on any atom is 0.265 e. The number of amides is 1. The zero-order valence-electron chi connectivity index (χ0n) is 13.2. The van der Waals surface area contributed by atoms with Gasteiger partial charge in [0, 0.05) is 13.1 Å². The number of nitrogens with one attached hydrogen (secondary N) is 1. The highest BCUT2D eigenvalue weighted by Gasteiger charge is 2.22. The molecule has 23 heavy (non-hydrogen) atoms. The fourth-order valence-corrected chi connectivity index (χ4v) is 4.26. The summed E-state index contributed by atoms with van der Waals surface area (Å²) in [5.41, 5.74) is 0.526. The molecule has 1 aromatic carbocycles. The molecule has 0 bridgehead atoms. The molecule has 8 heteroatoms. The van der Waals surface area contributed by atoms with E-state index in [9.17, 15) is 13.2 Å². The molecule has 0 aliphatic rings. The molecule has 0 unspecified atom stereocenters. The van der Waals surface area contributed by atoms with Crippen molar-refractivity contribution in [1.82, 2.24) is 9.88 Å². The van der Waals surface area contributed by atoms with Crippen molar-refractivity contribution < 1.29 is 13.2 Å². The van der Waals surface area contributed by atoms with Crippen molar-refractivity contribution in [3.63, 3.8) is 0 Å². The van der Waals surface area contributed by atoms with Crippen LogP contribution in [0.5, 0.6) is 0 Å². The van der Waals surface area contributed by atoms with Crippen LogP contribution < -0.4 is 4.72 Å². The lowest BCUT2D eigenvalue weighted by Crippen LogP contribution is -2.30. The maximum atomic E-state index is 12.4. The molecule has 0 spiro atoms. The fraction of sp³-hybridized carbons (Fsp3) is 0.333. The van der Waals surface area contributed by atoms with Crippen LogP contribution in [0, 0.1) is 6.92 Å². The van der Waals surface area contributed by atoms with E-state index in [0.717, 1.165) is 11.3 Å². The molecule has 0 radical (unpaired) electrons. The van der Waals surface area contributed by atoms with Crippen molar-refractivity contribution in [3.8, 4) is 0 Å². The molecule has 0 aliphatic carbocycles. The van der Waals surface area contributed by atoms with E-state index in [1.807, 2.05) is 13.8 Å². The monoisotopic (exact) mass is 353 g/mol. The molecule has 1 aromatic heterocycles. The Morgan fingerprint density at radius 2 is 1.83 bits per heavy atom. The number of carbonyl (C=O) groups excluding carboxylic acids is 1. The van der Waals surface area contributed by atoms with Gasteiger partial charge in [0.15, 0.2) is 5.13 Å². The molecule has 1 heterocycles. The lowest BCUT2D eigenvalue weighted by molar-refractivity contribution is 0.0777. The summed E-state index contributed by atoms with van der Waals surface area (Å²) in [4.78, 5) is 18.9. The van der Waals surface area contributed by atoms with Crippen LogP contribution in [0.3, 0.4) is 0 Å². The average Bonchev–Trinajstić information content (AvgIpc) is 2.89. The summed E-state index contributed by atoms with van der Waals surface area (Å²) in [6, 6.07) is 8.05. The van der Waals surface area contributed by atoms with Gasteiger partial charge >= 0.3 is 0 Å². The molecule has 1 amide bonds. The Balaban J connectivity index is 2.27. The molecule has 1 N–H and O–H groups in total. The molecule has 0 saturated carbocycles. The van der Waals surface area contributed by atoms with Crippen LogP contribution in [0.25, 0.3) is 0 Å². The minimum Gasteiger partial charge on any atom is -0.338 e. The van der Waals surface area contributed by atoms with Crippen molar-refractivity contribution >= 4 is 32.4 Å². The Kier molecular flexibility index (Phi) is 5.38. The number of benzene rings is 1. The van der Waals surface area contributed by atoms with E-state index in [4.69, 9.17) is 0 Å². The number of rotatable bonds is 6. The highest BCUT2D eigenvalue weighted by atomic mass is 32.2. The fourth-order valence-electron chi connectivity index (χ4n) is 2.07. The quantitative estimate of drug-likeness (QED) is 0.866. The van der Waals surface area contributed by atoms with E-state index in [1.165, 1.54) is 12.1 Å². The van der Waals surface area contributed by atoms with Gasteiger partial charge in [0.25, 0.3) is 15.9 Å². The Morgan fingerprint density at radius 1 is 1.22 bits per heavy atom. The third kappa shape index (κ3) is 3.89. The van der Waals surface area contributed by atoms with Gasteiger partial charge in [-0.2, -0.15) is 0 Å². The van der Waals surface area contributed by atoms with Crippen molar-refractivity contribution in [2.24, 2.45) is 0 Å². The van der Waals surface area contributed by atoms with Gasteiger partial charge in [-0.1, -0.05) is 29.5 Å². The van der Waals surface area contributed by atoms with Gasteiger partial charge in [-0.05, 0) is 32.9 Å². The number of carbonyl (C=O) groups is 1. The lowest BCUT2D eigenvalue weighted by atomic mass is 10.3. The number of thiazole rings is 1. The number of anilines is 1. The van der Waals surface area contributed by atoms with Gasteiger partial charge in [-0.15, -0.1) is 0 Å². The van der Waals surface area contributed by atoms with Gasteiger partial charge in [0.05, 0.1) is 10.6 Å². The van der Waals surface area contributed by atoms with Crippen LogP contribution in [0.1, 0.15) is 29.2 Å². The number of sulfonamides is 1. The summed E-state index contributed by atoms with van der Waals surface area (Å²) in [5, 5.41) is 0.196. The molecule has 2 rings (SSSR count). The molecule has 2 aromatic rings. The van der Waals surface area contributed by atoms with Crippen LogP contribution in [-0.2, 0) is 10.0 Å². The van der Waals surface area contributed by atoms with Gasteiger partial charge < -0.3 is 4.90 Å². The molecule has 0 aliphatic heterocycles. The Bertz CT molecular complexity index is 782. The van der Waals surface area contributed by atoms with Gasteiger partial charge in [0.1, 0.15) is 4.88 Å². The van der Waals surface area contributed by atoms with Crippen molar-refractivity contribution in [2.75, 3.05) is 17.8 Å². The molecular formula is C15H19N3O3S2. The van der Waals surface area contributed by atoms with Crippen molar-refractivity contribution in [2.45, 2.75) is 25.7 Å². The zero-order chi connectivity index (χ0) is 17.0. The number of hydrogen-bond donors (Lipinski definition) is 1. The third-order valence-electron chi connectivity index (χ3n) is 3.32. The van der Waals surface area contributed by atoms with Crippen LogP contribution in [-0.4, -0.2) is 37.3 Å². The summed E-state index contributed by atoms with van der Waals surface area (Å²) >= 11 is 1.06.